The van der Waals surface area contributed by atoms with Gasteiger partial charge in [0.2, 0.25) is 5.88 Å². The zero-order valence-corrected chi connectivity index (χ0v) is 10.9. The lowest BCUT2D eigenvalue weighted by Gasteiger charge is -2.09. The first kappa shape index (κ1) is 12.2. The standard InChI is InChI=1S/C13H13ClN4O/c14-9-3-1-2-4-10(9)19-12-7-11(18-15)16-13(17-12)8-5-6-8/h1-4,7-8H,5-6,15H2,(H,16,17,18). The van der Waals surface area contributed by atoms with E-state index in [0.717, 1.165) is 18.7 Å². The summed E-state index contributed by atoms with van der Waals surface area (Å²) in [5.41, 5.74) is 2.53. The lowest BCUT2D eigenvalue weighted by atomic mass is 10.3. The van der Waals surface area contributed by atoms with Crippen LogP contribution in [0.15, 0.2) is 30.3 Å². The maximum atomic E-state index is 6.05. The van der Waals surface area contributed by atoms with Crippen LogP contribution < -0.4 is 16.0 Å². The van der Waals surface area contributed by atoms with E-state index in [0.29, 0.717) is 28.4 Å². The van der Waals surface area contributed by atoms with Gasteiger partial charge in [-0.05, 0) is 25.0 Å². The van der Waals surface area contributed by atoms with Crippen LogP contribution in [0.5, 0.6) is 11.6 Å². The Hall–Kier alpha value is -1.85. The van der Waals surface area contributed by atoms with Gasteiger partial charge in [-0.3, -0.25) is 0 Å². The highest BCUT2D eigenvalue weighted by molar-refractivity contribution is 6.32. The Morgan fingerprint density at radius 2 is 2.05 bits per heavy atom. The van der Waals surface area contributed by atoms with Gasteiger partial charge in [0.05, 0.1) is 5.02 Å². The molecule has 1 fully saturated rings. The average molecular weight is 277 g/mol. The third-order valence-electron chi connectivity index (χ3n) is 2.86. The molecule has 1 aromatic carbocycles. The van der Waals surface area contributed by atoms with Crippen LogP contribution >= 0.6 is 11.6 Å². The molecule has 0 saturated heterocycles. The number of halogens is 1. The van der Waals surface area contributed by atoms with Crippen LogP contribution in [-0.2, 0) is 0 Å². The number of para-hydroxylation sites is 1. The number of anilines is 1. The first-order chi connectivity index (χ1) is 9.26. The zero-order chi connectivity index (χ0) is 13.2. The van der Waals surface area contributed by atoms with E-state index < -0.39 is 0 Å². The Morgan fingerprint density at radius 3 is 2.74 bits per heavy atom. The lowest BCUT2D eigenvalue weighted by Crippen LogP contribution is -2.10. The Labute approximate surface area is 115 Å². The predicted octanol–water partition coefficient (Wildman–Crippen LogP) is 3.09. The fourth-order valence-corrected chi connectivity index (χ4v) is 1.91. The van der Waals surface area contributed by atoms with Gasteiger partial charge in [-0.2, -0.15) is 4.98 Å². The number of aromatic nitrogens is 2. The van der Waals surface area contributed by atoms with Crippen molar-refractivity contribution in [1.29, 1.82) is 0 Å². The summed E-state index contributed by atoms with van der Waals surface area (Å²) in [6.45, 7) is 0. The van der Waals surface area contributed by atoms with Crippen molar-refractivity contribution >= 4 is 17.4 Å². The lowest BCUT2D eigenvalue weighted by molar-refractivity contribution is 0.459. The minimum atomic E-state index is 0.418. The van der Waals surface area contributed by atoms with Gasteiger partial charge in [0.1, 0.15) is 17.4 Å². The first-order valence-electron chi connectivity index (χ1n) is 6.04. The molecule has 19 heavy (non-hydrogen) atoms. The number of hydrazine groups is 1. The molecule has 2 aromatic rings. The number of ether oxygens (including phenoxy) is 1. The molecule has 6 heteroatoms. The van der Waals surface area contributed by atoms with Crippen molar-refractivity contribution in [2.75, 3.05) is 5.43 Å². The monoisotopic (exact) mass is 276 g/mol. The van der Waals surface area contributed by atoms with Gasteiger partial charge >= 0.3 is 0 Å². The number of hydrogen-bond donors (Lipinski definition) is 2. The van der Waals surface area contributed by atoms with E-state index in [-0.39, 0.29) is 0 Å². The number of nitrogens with two attached hydrogens (primary N) is 1. The van der Waals surface area contributed by atoms with E-state index in [4.69, 9.17) is 22.2 Å². The maximum absolute atomic E-state index is 6.05. The van der Waals surface area contributed by atoms with E-state index in [9.17, 15) is 0 Å². The second-order valence-corrected chi connectivity index (χ2v) is 4.81. The Balaban J connectivity index is 1.91. The highest BCUT2D eigenvalue weighted by Crippen LogP contribution is 2.39. The van der Waals surface area contributed by atoms with Crippen LogP contribution in [0.3, 0.4) is 0 Å². The zero-order valence-electron chi connectivity index (χ0n) is 10.1. The van der Waals surface area contributed by atoms with Gasteiger partial charge in [0.15, 0.2) is 0 Å². The van der Waals surface area contributed by atoms with Gasteiger partial charge in [-0.25, -0.2) is 10.8 Å². The van der Waals surface area contributed by atoms with E-state index in [1.54, 1.807) is 18.2 Å². The second kappa shape index (κ2) is 5.03. The van der Waals surface area contributed by atoms with Crippen LogP contribution in [0, 0.1) is 0 Å². The largest absolute Gasteiger partial charge is 0.437 e. The molecule has 0 aliphatic heterocycles. The van der Waals surface area contributed by atoms with Gasteiger partial charge in [-0.1, -0.05) is 23.7 Å². The molecule has 98 valence electrons. The summed E-state index contributed by atoms with van der Waals surface area (Å²) in [6.07, 6.45) is 2.22. The maximum Gasteiger partial charge on any atom is 0.224 e. The van der Waals surface area contributed by atoms with Crippen molar-refractivity contribution in [3.05, 3.63) is 41.2 Å². The molecule has 3 rings (SSSR count). The fraction of sp³-hybridized carbons (Fsp3) is 0.231. The molecule has 0 bridgehead atoms. The molecule has 0 atom stereocenters. The molecule has 1 heterocycles. The van der Waals surface area contributed by atoms with Crippen LogP contribution in [0.4, 0.5) is 5.82 Å². The van der Waals surface area contributed by atoms with Crippen molar-refractivity contribution < 1.29 is 4.74 Å². The van der Waals surface area contributed by atoms with E-state index >= 15 is 0 Å². The van der Waals surface area contributed by atoms with Crippen LogP contribution in [0.25, 0.3) is 0 Å². The summed E-state index contributed by atoms with van der Waals surface area (Å²) in [5.74, 6) is 8.14. The van der Waals surface area contributed by atoms with Crippen molar-refractivity contribution in [2.45, 2.75) is 18.8 Å². The molecule has 1 aliphatic carbocycles. The smallest absolute Gasteiger partial charge is 0.224 e. The summed E-state index contributed by atoms with van der Waals surface area (Å²) in [5, 5.41) is 0.538. The highest BCUT2D eigenvalue weighted by atomic mass is 35.5. The van der Waals surface area contributed by atoms with Crippen molar-refractivity contribution in [3.63, 3.8) is 0 Å². The molecule has 1 saturated carbocycles. The van der Waals surface area contributed by atoms with E-state index in [1.807, 2.05) is 12.1 Å². The van der Waals surface area contributed by atoms with Gasteiger partial charge < -0.3 is 10.2 Å². The van der Waals surface area contributed by atoms with Crippen molar-refractivity contribution in [2.24, 2.45) is 5.84 Å². The van der Waals surface area contributed by atoms with E-state index in [2.05, 4.69) is 15.4 Å². The predicted molar refractivity (Wildman–Crippen MR) is 73.3 cm³/mol. The third-order valence-corrected chi connectivity index (χ3v) is 3.17. The summed E-state index contributed by atoms with van der Waals surface area (Å²) in [6, 6.07) is 8.90. The van der Waals surface area contributed by atoms with Gasteiger partial charge in [0.25, 0.3) is 0 Å². The Bertz CT molecular complexity index is 601. The molecule has 0 radical (unpaired) electrons. The molecule has 0 spiro atoms. The minimum absolute atomic E-state index is 0.418. The van der Waals surface area contributed by atoms with Crippen molar-refractivity contribution in [1.82, 2.24) is 9.97 Å². The number of nitrogens with zero attached hydrogens (tertiary/aromatic N) is 2. The fourth-order valence-electron chi connectivity index (χ4n) is 1.73. The average Bonchev–Trinajstić information content (AvgIpc) is 3.25. The Kier molecular flexibility index (Phi) is 3.23. The molecule has 5 nitrogen and oxygen atoms in total. The van der Waals surface area contributed by atoms with Crippen molar-refractivity contribution in [3.8, 4) is 11.6 Å². The summed E-state index contributed by atoms with van der Waals surface area (Å²) in [7, 11) is 0. The first-order valence-corrected chi connectivity index (χ1v) is 6.42. The second-order valence-electron chi connectivity index (χ2n) is 4.40. The van der Waals surface area contributed by atoms with E-state index in [1.165, 1.54) is 0 Å². The number of hydrogen-bond acceptors (Lipinski definition) is 5. The summed E-state index contributed by atoms with van der Waals surface area (Å²) < 4.78 is 5.69. The molecular formula is C13H13ClN4O. The number of benzene rings is 1. The number of nitrogen functional groups attached to an aromatic ring is 1. The van der Waals surface area contributed by atoms with Gasteiger partial charge in [0, 0.05) is 12.0 Å². The third kappa shape index (κ3) is 2.77. The van der Waals surface area contributed by atoms with Crippen LogP contribution in [0.2, 0.25) is 5.02 Å². The number of nitrogens with one attached hydrogen (secondary N) is 1. The molecule has 1 aromatic heterocycles. The summed E-state index contributed by atoms with van der Waals surface area (Å²) >= 11 is 6.05. The molecule has 0 unspecified atom stereocenters. The van der Waals surface area contributed by atoms with Gasteiger partial charge in [-0.15, -0.1) is 0 Å². The summed E-state index contributed by atoms with van der Waals surface area (Å²) in [4.78, 5) is 8.71. The van der Waals surface area contributed by atoms with Crippen LogP contribution in [-0.4, -0.2) is 9.97 Å². The molecule has 1 aliphatic rings. The topological polar surface area (TPSA) is 73.1 Å². The highest BCUT2D eigenvalue weighted by Gasteiger charge is 2.27. The Morgan fingerprint density at radius 1 is 1.26 bits per heavy atom. The molecular weight excluding hydrogens is 264 g/mol. The number of rotatable bonds is 4. The van der Waals surface area contributed by atoms with Crippen LogP contribution in [0.1, 0.15) is 24.6 Å². The minimum Gasteiger partial charge on any atom is -0.437 e. The normalized spacial score (nSPS) is 14.2. The molecule has 0 amide bonds. The SMILES string of the molecule is NNc1cc(Oc2ccccc2Cl)nc(C2CC2)n1. The quantitative estimate of drug-likeness (QED) is 0.663. The molecule has 3 N–H and O–H groups in total.